The predicted octanol–water partition coefficient (Wildman–Crippen LogP) is 2.51. The number of carbonyl (C=O) groups is 1. The Balaban J connectivity index is 2.48. The van der Waals surface area contributed by atoms with E-state index in [-0.39, 0.29) is 10.7 Å². The molecule has 8 heteroatoms. The Hall–Kier alpha value is -1.53. The van der Waals surface area contributed by atoms with Crippen LogP contribution >= 0.6 is 23.2 Å². The van der Waals surface area contributed by atoms with Gasteiger partial charge in [0, 0.05) is 20.5 Å². The molecule has 0 amide bonds. The molecule has 19 heavy (non-hydrogen) atoms. The zero-order valence-electron chi connectivity index (χ0n) is 10.2. The van der Waals surface area contributed by atoms with Gasteiger partial charge in [-0.1, -0.05) is 28.4 Å². The monoisotopic (exact) mass is 303 g/mol. The molecule has 2 rings (SSSR count). The molecule has 1 aliphatic rings. The first-order chi connectivity index (χ1) is 8.90. The van der Waals surface area contributed by atoms with Gasteiger partial charge in [0.2, 0.25) is 0 Å². The van der Waals surface area contributed by atoms with Gasteiger partial charge in [0.15, 0.2) is 11.8 Å². The lowest BCUT2D eigenvalue weighted by molar-refractivity contribution is 0.0683. The average Bonchev–Trinajstić information content (AvgIpc) is 2.75. The number of hydrogen-bond acceptors (Lipinski definition) is 5. The van der Waals surface area contributed by atoms with Crippen molar-refractivity contribution in [2.75, 3.05) is 19.0 Å². The van der Waals surface area contributed by atoms with E-state index in [0.717, 1.165) is 0 Å². The van der Waals surface area contributed by atoms with Crippen molar-refractivity contribution in [3.8, 4) is 0 Å². The fraction of sp³-hybridized carbons (Fsp3) is 0.364. The number of aromatic carboxylic acids is 1. The number of pyridine rings is 1. The summed E-state index contributed by atoms with van der Waals surface area (Å²) in [6.07, 6.45) is -0.121. The molecule has 1 atom stereocenters. The van der Waals surface area contributed by atoms with Crippen LogP contribution in [0.1, 0.15) is 28.7 Å². The van der Waals surface area contributed by atoms with Gasteiger partial charge in [-0.25, -0.2) is 9.78 Å². The third-order valence-electron chi connectivity index (χ3n) is 2.61. The van der Waals surface area contributed by atoms with Crippen molar-refractivity contribution in [2.45, 2.75) is 12.5 Å². The molecule has 1 aromatic heterocycles. The van der Waals surface area contributed by atoms with E-state index < -0.39 is 12.1 Å². The van der Waals surface area contributed by atoms with Crippen molar-refractivity contribution in [3.63, 3.8) is 0 Å². The van der Waals surface area contributed by atoms with E-state index in [2.05, 4.69) is 10.1 Å². The summed E-state index contributed by atoms with van der Waals surface area (Å²) < 4.78 is 0. The highest BCUT2D eigenvalue weighted by molar-refractivity contribution is 6.65. The Bertz CT molecular complexity index is 560. The lowest BCUT2D eigenvalue weighted by atomic mass is 10.1. The SMILES string of the molecule is CN(C)c1cc(C2CC(Cl)=NO2)nc(C(=O)O)c1Cl. The quantitative estimate of drug-likeness (QED) is 0.928. The zero-order chi connectivity index (χ0) is 14.2. The summed E-state index contributed by atoms with van der Waals surface area (Å²) in [4.78, 5) is 22.0. The third kappa shape index (κ3) is 2.74. The maximum absolute atomic E-state index is 11.2. The summed E-state index contributed by atoms with van der Waals surface area (Å²) in [6.45, 7) is 0. The minimum Gasteiger partial charge on any atom is -0.476 e. The number of hydrogen-bond donors (Lipinski definition) is 1. The Morgan fingerprint density at radius 1 is 1.53 bits per heavy atom. The molecule has 1 N–H and O–H groups in total. The first kappa shape index (κ1) is 13.9. The van der Waals surface area contributed by atoms with Crippen LogP contribution in [-0.4, -0.2) is 35.3 Å². The topological polar surface area (TPSA) is 75.0 Å². The van der Waals surface area contributed by atoms with Crippen molar-refractivity contribution in [2.24, 2.45) is 5.16 Å². The number of carboxylic acids is 1. The molecule has 1 unspecified atom stereocenters. The van der Waals surface area contributed by atoms with Crippen LogP contribution in [-0.2, 0) is 4.84 Å². The second-order valence-corrected chi connectivity index (χ2v) is 5.01. The molecule has 0 spiro atoms. The lowest BCUT2D eigenvalue weighted by Crippen LogP contribution is -2.15. The maximum atomic E-state index is 11.2. The number of carboxylic acid groups (broad SMARTS) is 1. The molecule has 6 nitrogen and oxygen atoms in total. The van der Waals surface area contributed by atoms with Gasteiger partial charge in [-0.15, -0.1) is 0 Å². The summed E-state index contributed by atoms with van der Waals surface area (Å²) in [6, 6.07) is 1.67. The number of oxime groups is 1. The van der Waals surface area contributed by atoms with Gasteiger partial charge in [0.1, 0.15) is 5.17 Å². The smallest absolute Gasteiger partial charge is 0.356 e. The third-order valence-corrected chi connectivity index (χ3v) is 3.20. The number of anilines is 1. The first-order valence-corrected chi connectivity index (χ1v) is 6.15. The van der Waals surface area contributed by atoms with Crippen LogP contribution in [0, 0.1) is 0 Å². The van der Waals surface area contributed by atoms with Crippen LogP contribution in [0.5, 0.6) is 0 Å². The molecule has 0 aromatic carbocycles. The van der Waals surface area contributed by atoms with Gasteiger partial charge in [-0.3, -0.25) is 0 Å². The molecule has 0 aliphatic carbocycles. The van der Waals surface area contributed by atoms with Gasteiger partial charge < -0.3 is 14.8 Å². The highest BCUT2D eigenvalue weighted by atomic mass is 35.5. The average molecular weight is 304 g/mol. The largest absolute Gasteiger partial charge is 0.476 e. The molecule has 1 aliphatic heterocycles. The minimum atomic E-state index is -1.19. The molecule has 0 saturated heterocycles. The summed E-state index contributed by atoms with van der Waals surface area (Å²) in [7, 11) is 3.52. The lowest BCUT2D eigenvalue weighted by Gasteiger charge is -2.18. The zero-order valence-corrected chi connectivity index (χ0v) is 11.7. The van der Waals surface area contributed by atoms with Gasteiger partial charge >= 0.3 is 5.97 Å². The van der Waals surface area contributed by atoms with Gasteiger partial charge in [0.05, 0.1) is 16.4 Å². The van der Waals surface area contributed by atoms with E-state index >= 15 is 0 Å². The van der Waals surface area contributed by atoms with E-state index in [1.807, 2.05) is 0 Å². The summed E-state index contributed by atoms with van der Waals surface area (Å²) in [5.41, 5.74) is 0.773. The summed E-state index contributed by atoms with van der Waals surface area (Å²) in [5, 5.41) is 13.2. The van der Waals surface area contributed by atoms with Crippen LogP contribution in [0.15, 0.2) is 11.2 Å². The van der Waals surface area contributed by atoms with E-state index in [4.69, 9.17) is 33.1 Å². The molecule has 0 fully saturated rings. The van der Waals surface area contributed by atoms with Crippen molar-refractivity contribution in [1.82, 2.24) is 4.98 Å². The Kier molecular flexibility index (Phi) is 3.82. The Morgan fingerprint density at radius 2 is 2.21 bits per heavy atom. The highest BCUT2D eigenvalue weighted by Crippen LogP contribution is 2.34. The van der Waals surface area contributed by atoms with Crippen LogP contribution in [0.25, 0.3) is 0 Å². The molecular weight excluding hydrogens is 293 g/mol. The number of aromatic nitrogens is 1. The number of nitrogens with zero attached hydrogens (tertiary/aromatic N) is 3. The molecule has 1 aromatic rings. The summed E-state index contributed by atoms with van der Waals surface area (Å²) in [5.74, 6) is -1.19. The van der Waals surface area contributed by atoms with Gasteiger partial charge in [-0.2, -0.15) is 0 Å². The second kappa shape index (κ2) is 5.22. The minimum absolute atomic E-state index is 0.0891. The van der Waals surface area contributed by atoms with E-state index in [1.54, 1.807) is 25.1 Å². The van der Waals surface area contributed by atoms with E-state index in [0.29, 0.717) is 23.0 Å². The Morgan fingerprint density at radius 3 is 2.68 bits per heavy atom. The molecule has 2 heterocycles. The second-order valence-electron chi connectivity index (χ2n) is 4.19. The molecule has 0 radical (unpaired) electrons. The highest BCUT2D eigenvalue weighted by Gasteiger charge is 2.27. The van der Waals surface area contributed by atoms with Crippen molar-refractivity contribution < 1.29 is 14.7 Å². The van der Waals surface area contributed by atoms with Crippen LogP contribution < -0.4 is 4.90 Å². The van der Waals surface area contributed by atoms with Crippen LogP contribution in [0.2, 0.25) is 5.02 Å². The van der Waals surface area contributed by atoms with E-state index in [1.165, 1.54) is 0 Å². The van der Waals surface area contributed by atoms with Gasteiger partial charge in [-0.05, 0) is 6.07 Å². The van der Waals surface area contributed by atoms with E-state index in [9.17, 15) is 4.79 Å². The maximum Gasteiger partial charge on any atom is 0.356 e. The fourth-order valence-electron chi connectivity index (χ4n) is 1.67. The molecular formula is C11H11Cl2N3O3. The van der Waals surface area contributed by atoms with Crippen molar-refractivity contribution in [1.29, 1.82) is 0 Å². The summed E-state index contributed by atoms with van der Waals surface area (Å²) >= 11 is 11.8. The van der Waals surface area contributed by atoms with Gasteiger partial charge in [0.25, 0.3) is 0 Å². The predicted molar refractivity (Wildman–Crippen MR) is 72.3 cm³/mol. The number of rotatable bonds is 3. The van der Waals surface area contributed by atoms with Crippen LogP contribution in [0.3, 0.4) is 0 Å². The van der Waals surface area contributed by atoms with Crippen LogP contribution in [0.4, 0.5) is 5.69 Å². The number of halogens is 2. The normalized spacial score (nSPS) is 17.9. The molecule has 0 saturated carbocycles. The molecule has 0 bridgehead atoms. The van der Waals surface area contributed by atoms with Crippen molar-refractivity contribution in [3.05, 3.63) is 22.5 Å². The molecule has 102 valence electrons. The standard InChI is InChI=1S/C11H11Cl2N3O3/c1-16(2)6-3-5(7-4-8(12)15-19-7)14-10(9(6)13)11(17)18/h3,7H,4H2,1-2H3,(H,17,18). The van der Waals surface area contributed by atoms with Crippen molar-refractivity contribution >= 4 is 40.0 Å². The Labute approximate surface area is 119 Å². The first-order valence-electron chi connectivity index (χ1n) is 5.39. The fourth-order valence-corrected chi connectivity index (χ4v) is 2.20.